The molecule has 170 valence electrons. The molecule has 2 aromatic carbocycles. The Morgan fingerprint density at radius 2 is 1.74 bits per heavy atom. The summed E-state index contributed by atoms with van der Waals surface area (Å²) in [7, 11) is 0. The SMILES string of the molecule is CCCC(NC(=O)Cc1c(C)nc2ccccc2c1-c1ccccc1)c1nnc2ccccn12. The molecular weight excluding hydrogens is 422 g/mol. The van der Waals surface area contributed by atoms with Gasteiger partial charge in [-0.15, -0.1) is 10.2 Å². The van der Waals surface area contributed by atoms with Crippen molar-refractivity contribution < 1.29 is 4.79 Å². The van der Waals surface area contributed by atoms with Crippen molar-refractivity contribution in [2.45, 2.75) is 39.2 Å². The molecule has 0 aliphatic rings. The Bertz CT molecular complexity index is 1460. The number of pyridine rings is 2. The molecular formula is C28H27N5O. The van der Waals surface area contributed by atoms with Gasteiger partial charge in [-0.25, -0.2) is 0 Å². The Morgan fingerprint density at radius 3 is 2.56 bits per heavy atom. The first-order chi connectivity index (χ1) is 16.7. The molecule has 3 heterocycles. The number of hydrogen-bond acceptors (Lipinski definition) is 4. The summed E-state index contributed by atoms with van der Waals surface area (Å²) in [5.74, 6) is 0.700. The second kappa shape index (κ2) is 9.43. The fourth-order valence-electron chi connectivity index (χ4n) is 4.58. The van der Waals surface area contributed by atoms with Crippen LogP contribution in [0.4, 0.5) is 0 Å². The molecule has 0 aliphatic heterocycles. The Morgan fingerprint density at radius 1 is 0.971 bits per heavy atom. The average Bonchev–Trinajstić information content (AvgIpc) is 3.29. The van der Waals surface area contributed by atoms with Crippen LogP contribution in [-0.4, -0.2) is 25.5 Å². The van der Waals surface area contributed by atoms with Crippen LogP contribution in [0, 0.1) is 6.92 Å². The van der Waals surface area contributed by atoms with E-state index < -0.39 is 0 Å². The Kier molecular flexibility index (Phi) is 6.04. The van der Waals surface area contributed by atoms with Gasteiger partial charge in [-0.1, -0.05) is 67.9 Å². The number of aryl methyl sites for hydroxylation is 1. The van der Waals surface area contributed by atoms with Gasteiger partial charge in [0.25, 0.3) is 0 Å². The molecule has 6 heteroatoms. The molecule has 5 rings (SSSR count). The maximum atomic E-state index is 13.4. The minimum atomic E-state index is -0.219. The smallest absolute Gasteiger partial charge is 0.225 e. The van der Waals surface area contributed by atoms with Gasteiger partial charge in [0.05, 0.1) is 18.0 Å². The summed E-state index contributed by atoms with van der Waals surface area (Å²) in [4.78, 5) is 18.2. The second-order valence-corrected chi connectivity index (χ2v) is 8.51. The number of carbonyl (C=O) groups is 1. The quantitative estimate of drug-likeness (QED) is 0.358. The van der Waals surface area contributed by atoms with E-state index in [9.17, 15) is 4.79 Å². The fourth-order valence-corrected chi connectivity index (χ4v) is 4.58. The number of fused-ring (bicyclic) bond motifs is 2. The minimum Gasteiger partial charge on any atom is -0.346 e. The van der Waals surface area contributed by atoms with Crippen LogP contribution in [0.1, 0.15) is 42.9 Å². The summed E-state index contributed by atoms with van der Waals surface area (Å²) in [6.07, 6.45) is 3.87. The van der Waals surface area contributed by atoms with E-state index in [4.69, 9.17) is 4.98 Å². The van der Waals surface area contributed by atoms with E-state index in [-0.39, 0.29) is 18.4 Å². The predicted octanol–water partition coefficient (Wildman–Crippen LogP) is 5.45. The molecule has 0 bridgehead atoms. The lowest BCUT2D eigenvalue weighted by Gasteiger charge is -2.19. The van der Waals surface area contributed by atoms with Crippen molar-refractivity contribution in [2.75, 3.05) is 0 Å². The van der Waals surface area contributed by atoms with E-state index in [1.807, 2.05) is 72.1 Å². The van der Waals surface area contributed by atoms with Gasteiger partial charge in [-0.05, 0) is 48.2 Å². The van der Waals surface area contributed by atoms with Gasteiger partial charge in [0.2, 0.25) is 5.91 Å². The lowest BCUT2D eigenvalue weighted by molar-refractivity contribution is -0.121. The highest BCUT2D eigenvalue weighted by Crippen LogP contribution is 2.33. The summed E-state index contributed by atoms with van der Waals surface area (Å²) in [6, 6.07) is 23.9. The summed E-state index contributed by atoms with van der Waals surface area (Å²) < 4.78 is 1.94. The molecule has 0 saturated carbocycles. The molecule has 0 spiro atoms. The number of carbonyl (C=O) groups excluding carboxylic acids is 1. The van der Waals surface area contributed by atoms with Crippen molar-refractivity contribution in [3.63, 3.8) is 0 Å². The molecule has 0 radical (unpaired) electrons. The lowest BCUT2D eigenvalue weighted by Crippen LogP contribution is -2.31. The number of nitrogens with one attached hydrogen (secondary N) is 1. The van der Waals surface area contributed by atoms with Crippen molar-refractivity contribution in [1.29, 1.82) is 0 Å². The van der Waals surface area contributed by atoms with Crippen LogP contribution < -0.4 is 5.32 Å². The van der Waals surface area contributed by atoms with Gasteiger partial charge in [0, 0.05) is 17.3 Å². The first-order valence-corrected chi connectivity index (χ1v) is 11.7. The summed E-state index contributed by atoms with van der Waals surface area (Å²) in [5, 5.41) is 12.9. The Hall–Kier alpha value is -4.06. The van der Waals surface area contributed by atoms with Gasteiger partial charge in [-0.2, -0.15) is 0 Å². The van der Waals surface area contributed by atoms with E-state index in [1.54, 1.807) is 0 Å². The van der Waals surface area contributed by atoms with E-state index in [0.717, 1.165) is 57.6 Å². The molecule has 1 amide bonds. The van der Waals surface area contributed by atoms with Crippen molar-refractivity contribution >= 4 is 22.5 Å². The third kappa shape index (κ3) is 4.15. The van der Waals surface area contributed by atoms with E-state index in [0.29, 0.717) is 0 Å². The molecule has 0 saturated heterocycles. The maximum Gasteiger partial charge on any atom is 0.225 e. The number of para-hydroxylation sites is 1. The predicted molar refractivity (Wildman–Crippen MR) is 134 cm³/mol. The van der Waals surface area contributed by atoms with Crippen LogP contribution in [0.25, 0.3) is 27.7 Å². The summed E-state index contributed by atoms with van der Waals surface area (Å²) in [5.41, 5.74) is 5.67. The molecule has 0 aliphatic carbocycles. The number of amides is 1. The second-order valence-electron chi connectivity index (χ2n) is 8.51. The fraction of sp³-hybridized carbons (Fsp3) is 0.214. The van der Waals surface area contributed by atoms with Gasteiger partial charge < -0.3 is 5.32 Å². The molecule has 6 nitrogen and oxygen atoms in total. The van der Waals surface area contributed by atoms with Crippen molar-refractivity contribution in [3.05, 3.63) is 96.1 Å². The van der Waals surface area contributed by atoms with Gasteiger partial charge in [0.1, 0.15) is 0 Å². The highest BCUT2D eigenvalue weighted by Gasteiger charge is 2.22. The first-order valence-electron chi connectivity index (χ1n) is 11.7. The van der Waals surface area contributed by atoms with Crippen LogP contribution in [0.15, 0.2) is 79.0 Å². The number of hydrogen-bond donors (Lipinski definition) is 1. The third-order valence-electron chi connectivity index (χ3n) is 6.16. The number of rotatable bonds is 7. The van der Waals surface area contributed by atoms with Crippen LogP contribution in [-0.2, 0) is 11.2 Å². The van der Waals surface area contributed by atoms with Crippen molar-refractivity contribution in [2.24, 2.45) is 0 Å². The average molecular weight is 450 g/mol. The number of aromatic nitrogens is 4. The maximum absolute atomic E-state index is 13.4. The molecule has 5 aromatic rings. The van der Waals surface area contributed by atoms with Crippen molar-refractivity contribution in [1.82, 2.24) is 24.9 Å². The van der Waals surface area contributed by atoms with E-state index >= 15 is 0 Å². The molecule has 34 heavy (non-hydrogen) atoms. The Balaban J connectivity index is 1.51. The largest absolute Gasteiger partial charge is 0.346 e. The zero-order valence-corrected chi connectivity index (χ0v) is 19.4. The monoisotopic (exact) mass is 449 g/mol. The molecule has 1 N–H and O–H groups in total. The zero-order chi connectivity index (χ0) is 23.5. The standard InChI is InChI=1S/C28H27N5O/c1-3-11-24(28-32-31-25-16-9-10-17-33(25)28)30-26(34)18-22-19(2)29-23-15-8-7-14-21(23)27(22)20-12-5-4-6-13-20/h4-10,12-17,24H,3,11,18H2,1-2H3,(H,30,34). The number of benzene rings is 2. The summed E-state index contributed by atoms with van der Waals surface area (Å²) >= 11 is 0. The van der Waals surface area contributed by atoms with Gasteiger partial charge >= 0.3 is 0 Å². The van der Waals surface area contributed by atoms with E-state index in [2.05, 4.69) is 40.6 Å². The third-order valence-corrected chi connectivity index (χ3v) is 6.16. The van der Waals surface area contributed by atoms with Crippen LogP contribution in [0.5, 0.6) is 0 Å². The lowest BCUT2D eigenvalue weighted by atomic mass is 9.92. The zero-order valence-electron chi connectivity index (χ0n) is 19.4. The van der Waals surface area contributed by atoms with Gasteiger partial charge in [-0.3, -0.25) is 14.2 Å². The molecule has 1 atom stereocenters. The highest BCUT2D eigenvalue weighted by atomic mass is 16.1. The first kappa shape index (κ1) is 21.8. The van der Waals surface area contributed by atoms with Gasteiger partial charge in [0.15, 0.2) is 11.5 Å². The Labute approximate surface area is 198 Å². The molecule has 0 fully saturated rings. The molecule has 3 aromatic heterocycles. The van der Waals surface area contributed by atoms with Crippen LogP contribution in [0.3, 0.4) is 0 Å². The van der Waals surface area contributed by atoms with Crippen molar-refractivity contribution in [3.8, 4) is 11.1 Å². The molecule has 1 unspecified atom stereocenters. The topological polar surface area (TPSA) is 72.2 Å². The number of nitrogens with zero attached hydrogens (tertiary/aromatic N) is 4. The van der Waals surface area contributed by atoms with Crippen LogP contribution >= 0.6 is 0 Å². The van der Waals surface area contributed by atoms with Crippen LogP contribution in [0.2, 0.25) is 0 Å². The normalized spacial score (nSPS) is 12.2. The summed E-state index contributed by atoms with van der Waals surface area (Å²) in [6.45, 7) is 4.09. The highest BCUT2D eigenvalue weighted by molar-refractivity contribution is 5.98. The minimum absolute atomic E-state index is 0.0523. The van der Waals surface area contributed by atoms with E-state index in [1.165, 1.54) is 0 Å².